The number of piperidine rings is 1. The Hall–Kier alpha value is -0.900. The lowest BCUT2D eigenvalue weighted by atomic mass is 10.0. The topological polar surface area (TPSA) is 23.6 Å². The summed E-state index contributed by atoms with van der Waals surface area (Å²) in [5.41, 5.74) is 0.740. The monoisotopic (exact) mass is 280 g/mol. The summed E-state index contributed by atoms with van der Waals surface area (Å²) in [7, 11) is 4.19. The molecular weight excluding hydrogens is 260 g/mol. The Bertz CT molecular complexity index is 424. The van der Waals surface area contributed by atoms with Crippen LogP contribution in [0.4, 0.5) is 0 Å². The lowest BCUT2D eigenvalue weighted by molar-refractivity contribution is 0.0871. The largest absolute Gasteiger partial charge is 0.306 e. The Balaban J connectivity index is 1.89. The van der Waals surface area contributed by atoms with Gasteiger partial charge in [0.15, 0.2) is 5.78 Å². The molecule has 0 N–H and O–H groups in total. The molecule has 0 aromatic heterocycles. The number of carbonyl (C=O) groups is 1. The fourth-order valence-corrected chi connectivity index (χ4v) is 2.64. The molecule has 4 heteroatoms. The van der Waals surface area contributed by atoms with Crippen LogP contribution in [0.15, 0.2) is 24.3 Å². The van der Waals surface area contributed by atoms with Gasteiger partial charge in [-0.25, -0.2) is 0 Å². The Labute approximate surface area is 120 Å². The lowest BCUT2D eigenvalue weighted by Crippen LogP contribution is -2.43. The number of hydrogen-bond donors (Lipinski definition) is 0. The molecule has 0 bridgehead atoms. The molecule has 0 atom stereocenters. The van der Waals surface area contributed by atoms with Crippen molar-refractivity contribution >= 4 is 17.4 Å². The average molecular weight is 281 g/mol. The van der Waals surface area contributed by atoms with Gasteiger partial charge in [0.05, 0.1) is 6.54 Å². The van der Waals surface area contributed by atoms with Gasteiger partial charge in [-0.2, -0.15) is 0 Å². The number of hydrogen-bond acceptors (Lipinski definition) is 3. The first-order valence-corrected chi connectivity index (χ1v) is 7.11. The Morgan fingerprint density at radius 2 is 1.89 bits per heavy atom. The Kier molecular flexibility index (Phi) is 4.97. The number of likely N-dealkylation sites (tertiary alicyclic amines) is 1. The molecule has 0 saturated carbocycles. The molecule has 19 heavy (non-hydrogen) atoms. The maximum atomic E-state index is 12.2. The van der Waals surface area contributed by atoms with E-state index in [0.717, 1.165) is 31.5 Å². The summed E-state index contributed by atoms with van der Waals surface area (Å²) in [6, 6.07) is 7.65. The number of carbonyl (C=O) groups excluding carboxylic acids is 1. The van der Waals surface area contributed by atoms with E-state index in [2.05, 4.69) is 16.8 Å². The van der Waals surface area contributed by atoms with Crippen molar-refractivity contribution in [3.05, 3.63) is 34.9 Å². The minimum Gasteiger partial charge on any atom is -0.306 e. The first kappa shape index (κ1) is 14.5. The van der Waals surface area contributed by atoms with E-state index in [1.165, 1.54) is 0 Å². The van der Waals surface area contributed by atoms with E-state index in [1.54, 1.807) is 24.3 Å². The standard InChI is InChI=1S/C15H21ClN2O/c1-17-9-7-14(8-10-17)18(2)11-15(19)12-3-5-13(16)6-4-12/h3-6,14H,7-11H2,1-2H3. The number of ketones is 1. The van der Waals surface area contributed by atoms with Gasteiger partial charge in [-0.1, -0.05) is 11.6 Å². The summed E-state index contributed by atoms with van der Waals surface area (Å²) in [5.74, 6) is 0.165. The maximum absolute atomic E-state index is 12.2. The molecule has 1 aliphatic rings. The van der Waals surface area contributed by atoms with Crippen LogP contribution in [-0.4, -0.2) is 55.4 Å². The zero-order valence-corrected chi connectivity index (χ0v) is 12.4. The van der Waals surface area contributed by atoms with Crippen LogP contribution in [0.2, 0.25) is 5.02 Å². The van der Waals surface area contributed by atoms with Crippen molar-refractivity contribution in [2.75, 3.05) is 33.7 Å². The Morgan fingerprint density at radius 1 is 1.32 bits per heavy atom. The first-order chi connectivity index (χ1) is 9.06. The third kappa shape index (κ3) is 4.03. The molecule has 104 valence electrons. The Morgan fingerprint density at radius 3 is 2.47 bits per heavy atom. The smallest absolute Gasteiger partial charge is 0.176 e. The van der Waals surface area contributed by atoms with Gasteiger partial charge in [0.2, 0.25) is 0 Å². The average Bonchev–Trinajstić information content (AvgIpc) is 2.40. The minimum atomic E-state index is 0.165. The van der Waals surface area contributed by atoms with Crippen LogP contribution in [0, 0.1) is 0 Å². The molecule has 1 fully saturated rings. The second-order valence-corrected chi connectivity index (χ2v) is 5.82. The molecule has 1 aromatic rings. The molecule has 0 radical (unpaired) electrons. The lowest BCUT2D eigenvalue weighted by Gasteiger charge is -2.34. The first-order valence-electron chi connectivity index (χ1n) is 6.74. The van der Waals surface area contributed by atoms with Gasteiger partial charge >= 0.3 is 0 Å². The highest BCUT2D eigenvalue weighted by Gasteiger charge is 2.22. The number of rotatable bonds is 4. The summed E-state index contributed by atoms with van der Waals surface area (Å²) in [6.07, 6.45) is 2.28. The SMILES string of the molecule is CN1CCC(N(C)CC(=O)c2ccc(Cl)cc2)CC1. The predicted octanol–water partition coefficient (Wildman–Crippen LogP) is 2.55. The molecule has 1 aliphatic heterocycles. The summed E-state index contributed by atoms with van der Waals surface area (Å²) in [6.45, 7) is 2.71. The summed E-state index contributed by atoms with van der Waals surface area (Å²) in [4.78, 5) is 16.7. The quantitative estimate of drug-likeness (QED) is 0.792. The highest BCUT2D eigenvalue weighted by Crippen LogP contribution is 2.15. The van der Waals surface area contributed by atoms with E-state index in [4.69, 9.17) is 11.6 Å². The van der Waals surface area contributed by atoms with Crippen molar-refractivity contribution in [1.82, 2.24) is 9.80 Å². The van der Waals surface area contributed by atoms with Crippen molar-refractivity contribution in [1.29, 1.82) is 0 Å². The maximum Gasteiger partial charge on any atom is 0.176 e. The second-order valence-electron chi connectivity index (χ2n) is 5.38. The van der Waals surface area contributed by atoms with Crippen LogP contribution >= 0.6 is 11.6 Å². The third-order valence-electron chi connectivity index (χ3n) is 3.87. The predicted molar refractivity (Wildman–Crippen MR) is 78.9 cm³/mol. The molecule has 0 aliphatic carbocycles. The van der Waals surface area contributed by atoms with Gasteiger partial charge in [-0.05, 0) is 64.3 Å². The number of benzene rings is 1. The second kappa shape index (κ2) is 6.51. The van der Waals surface area contributed by atoms with Crippen molar-refractivity contribution in [2.24, 2.45) is 0 Å². The number of nitrogens with zero attached hydrogens (tertiary/aromatic N) is 2. The van der Waals surface area contributed by atoms with E-state index in [1.807, 2.05) is 7.05 Å². The van der Waals surface area contributed by atoms with Gasteiger partial charge in [0.1, 0.15) is 0 Å². The van der Waals surface area contributed by atoms with Gasteiger partial charge in [-0.15, -0.1) is 0 Å². The molecule has 1 heterocycles. The molecular formula is C15H21ClN2O. The number of halogens is 1. The van der Waals surface area contributed by atoms with E-state index >= 15 is 0 Å². The van der Waals surface area contributed by atoms with Crippen LogP contribution in [-0.2, 0) is 0 Å². The van der Waals surface area contributed by atoms with Crippen molar-refractivity contribution in [2.45, 2.75) is 18.9 Å². The van der Waals surface area contributed by atoms with Crippen LogP contribution in [0.3, 0.4) is 0 Å². The highest BCUT2D eigenvalue weighted by atomic mass is 35.5. The van der Waals surface area contributed by atoms with Gasteiger partial charge in [0, 0.05) is 16.6 Å². The van der Waals surface area contributed by atoms with E-state index in [-0.39, 0.29) is 5.78 Å². The van der Waals surface area contributed by atoms with Crippen molar-refractivity contribution in [3.63, 3.8) is 0 Å². The fourth-order valence-electron chi connectivity index (χ4n) is 2.52. The van der Waals surface area contributed by atoms with Gasteiger partial charge < -0.3 is 4.90 Å². The van der Waals surface area contributed by atoms with Crippen LogP contribution < -0.4 is 0 Å². The molecule has 0 amide bonds. The molecule has 3 nitrogen and oxygen atoms in total. The summed E-state index contributed by atoms with van der Waals surface area (Å²) >= 11 is 5.83. The van der Waals surface area contributed by atoms with E-state index in [0.29, 0.717) is 17.6 Å². The van der Waals surface area contributed by atoms with Gasteiger partial charge in [0.25, 0.3) is 0 Å². The minimum absolute atomic E-state index is 0.165. The normalized spacial score (nSPS) is 17.9. The van der Waals surface area contributed by atoms with E-state index < -0.39 is 0 Å². The summed E-state index contributed by atoms with van der Waals surface area (Å²) in [5, 5.41) is 0.667. The zero-order chi connectivity index (χ0) is 13.8. The van der Waals surface area contributed by atoms with Crippen LogP contribution in [0.1, 0.15) is 23.2 Å². The fraction of sp³-hybridized carbons (Fsp3) is 0.533. The molecule has 0 spiro atoms. The third-order valence-corrected chi connectivity index (χ3v) is 4.12. The highest BCUT2D eigenvalue weighted by molar-refractivity contribution is 6.30. The van der Waals surface area contributed by atoms with Crippen molar-refractivity contribution < 1.29 is 4.79 Å². The number of Topliss-reactive ketones (excluding diaryl/α,β-unsaturated/α-hetero) is 1. The molecule has 1 saturated heterocycles. The summed E-state index contributed by atoms with van der Waals surface area (Å²) < 4.78 is 0. The van der Waals surface area contributed by atoms with E-state index in [9.17, 15) is 4.79 Å². The van der Waals surface area contributed by atoms with Crippen LogP contribution in [0.25, 0.3) is 0 Å². The van der Waals surface area contributed by atoms with Crippen molar-refractivity contribution in [3.8, 4) is 0 Å². The number of likely N-dealkylation sites (N-methyl/N-ethyl adjacent to an activating group) is 1. The zero-order valence-electron chi connectivity index (χ0n) is 11.6. The molecule has 2 rings (SSSR count). The molecule has 0 unspecified atom stereocenters. The van der Waals surface area contributed by atoms with Gasteiger partial charge in [-0.3, -0.25) is 9.69 Å². The van der Waals surface area contributed by atoms with Crippen LogP contribution in [0.5, 0.6) is 0 Å². The molecule has 1 aromatic carbocycles.